The van der Waals surface area contributed by atoms with E-state index in [1.807, 2.05) is 6.92 Å². The molecular weight excluding hydrogens is 220 g/mol. The molecule has 7 heteroatoms. The first-order chi connectivity index (χ1) is 7.06. The van der Waals surface area contributed by atoms with Crippen molar-refractivity contribution in [2.24, 2.45) is 7.05 Å². The number of aromatic nitrogens is 4. The Morgan fingerprint density at radius 2 is 2.13 bits per heavy atom. The van der Waals surface area contributed by atoms with E-state index in [-0.39, 0.29) is 5.28 Å². The van der Waals surface area contributed by atoms with Crippen LogP contribution in [0.5, 0.6) is 0 Å². The van der Waals surface area contributed by atoms with E-state index in [0.29, 0.717) is 17.7 Å². The number of aryl methyl sites for hydroxylation is 2. The highest BCUT2D eigenvalue weighted by atomic mass is 35.5. The third-order valence-corrected chi connectivity index (χ3v) is 2.57. The third kappa shape index (κ3) is 1.29. The molecule has 15 heavy (non-hydrogen) atoms. The molecule has 0 fully saturated rings. The summed E-state index contributed by atoms with van der Waals surface area (Å²) < 4.78 is 2.81. The molecule has 80 valence electrons. The van der Waals surface area contributed by atoms with E-state index in [4.69, 9.17) is 11.6 Å². The molecule has 0 aliphatic heterocycles. The van der Waals surface area contributed by atoms with Crippen molar-refractivity contribution in [3.05, 3.63) is 26.1 Å². The van der Waals surface area contributed by atoms with Crippen LogP contribution < -0.4 is 11.2 Å². The zero-order chi connectivity index (χ0) is 11.2. The Labute approximate surface area is 89.1 Å². The zero-order valence-electron chi connectivity index (χ0n) is 8.24. The van der Waals surface area contributed by atoms with Gasteiger partial charge in [-0.05, 0) is 18.5 Å². The number of H-pyrrole nitrogens is 1. The highest BCUT2D eigenvalue weighted by molar-refractivity contribution is 6.29. The van der Waals surface area contributed by atoms with Crippen molar-refractivity contribution in [3.8, 4) is 0 Å². The summed E-state index contributed by atoms with van der Waals surface area (Å²) >= 11 is 5.85. The maximum atomic E-state index is 11.6. The number of nitrogens with one attached hydrogen (secondary N) is 1. The van der Waals surface area contributed by atoms with E-state index in [0.717, 1.165) is 0 Å². The van der Waals surface area contributed by atoms with E-state index < -0.39 is 11.2 Å². The fraction of sp³-hybridized carbons (Fsp3) is 0.375. The first-order valence-corrected chi connectivity index (χ1v) is 4.79. The first kappa shape index (κ1) is 9.97. The van der Waals surface area contributed by atoms with Crippen molar-refractivity contribution in [1.82, 2.24) is 19.1 Å². The molecule has 2 aromatic heterocycles. The summed E-state index contributed by atoms with van der Waals surface area (Å²) in [7, 11) is 1.53. The Kier molecular flexibility index (Phi) is 2.15. The average molecular weight is 229 g/mol. The molecule has 0 aliphatic rings. The first-order valence-electron chi connectivity index (χ1n) is 4.41. The second-order valence-corrected chi connectivity index (χ2v) is 3.45. The van der Waals surface area contributed by atoms with Gasteiger partial charge in [-0.2, -0.15) is 4.98 Å². The molecule has 0 radical (unpaired) electrons. The molecule has 6 nitrogen and oxygen atoms in total. The highest BCUT2D eigenvalue weighted by Gasteiger charge is 2.14. The van der Waals surface area contributed by atoms with Crippen LogP contribution >= 0.6 is 11.6 Å². The number of nitrogens with zero attached hydrogens (tertiary/aromatic N) is 3. The quantitative estimate of drug-likeness (QED) is 0.704. The van der Waals surface area contributed by atoms with Gasteiger partial charge >= 0.3 is 5.69 Å². The minimum absolute atomic E-state index is 0.208. The molecule has 0 amide bonds. The van der Waals surface area contributed by atoms with Crippen molar-refractivity contribution in [1.29, 1.82) is 0 Å². The van der Waals surface area contributed by atoms with Crippen LogP contribution in [0.25, 0.3) is 11.2 Å². The number of halogens is 1. The molecule has 0 spiro atoms. The Morgan fingerprint density at radius 3 is 2.73 bits per heavy atom. The number of hydrogen-bond acceptors (Lipinski definition) is 3. The Bertz CT molecular complexity index is 636. The molecule has 0 saturated carbocycles. The van der Waals surface area contributed by atoms with E-state index in [1.54, 1.807) is 4.57 Å². The van der Waals surface area contributed by atoms with Gasteiger partial charge in [-0.15, -0.1) is 0 Å². The van der Waals surface area contributed by atoms with Crippen LogP contribution in [0.3, 0.4) is 0 Å². The van der Waals surface area contributed by atoms with Crippen LogP contribution in [-0.4, -0.2) is 19.1 Å². The Balaban J connectivity index is 3.10. The normalized spacial score (nSPS) is 11.1. The molecule has 0 aromatic carbocycles. The van der Waals surface area contributed by atoms with Gasteiger partial charge in [-0.25, -0.2) is 4.79 Å². The summed E-state index contributed by atoms with van der Waals surface area (Å²) in [5.41, 5.74) is -0.334. The fourth-order valence-corrected chi connectivity index (χ4v) is 1.78. The Hall–Kier alpha value is -1.56. The van der Waals surface area contributed by atoms with Gasteiger partial charge in [0.05, 0.1) is 0 Å². The number of aromatic amines is 1. The number of fused-ring (bicyclic) bond motifs is 1. The molecule has 1 N–H and O–H groups in total. The number of hydrogen-bond donors (Lipinski definition) is 1. The van der Waals surface area contributed by atoms with Crippen LogP contribution in [0.1, 0.15) is 6.92 Å². The predicted molar refractivity (Wildman–Crippen MR) is 56.3 cm³/mol. The second-order valence-electron chi connectivity index (χ2n) is 3.12. The van der Waals surface area contributed by atoms with Gasteiger partial charge in [0, 0.05) is 13.6 Å². The molecule has 2 aromatic rings. The largest absolute Gasteiger partial charge is 0.329 e. The smallest absolute Gasteiger partial charge is 0.309 e. The van der Waals surface area contributed by atoms with Gasteiger partial charge in [-0.3, -0.25) is 14.3 Å². The molecular formula is C8H9ClN4O2. The minimum atomic E-state index is -0.495. The molecule has 2 heterocycles. The van der Waals surface area contributed by atoms with Crippen molar-refractivity contribution in [2.75, 3.05) is 0 Å². The summed E-state index contributed by atoms with van der Waals surface area (Å²) in [5.74, 6) is 0. The van der Waals surface area contributed by atoms with E-state index in [9.17, 15) is 9.59 Å². The summed E-state index contributed by atoms with van der Waals surface area (Å²) in [6, 6.07) is 0. The summed E-state index contributed by atoms with van der Waals surface area (Å²) in [5, 5.41) is 0.208. The molecule has 2 rings (SSSR count). The van der Waals surface area contributed by atoms with Gasteiger partial charge in [0.1, 0.15) is 0 Å². The van der Waals surface area contributed by atoms with Gasteiger partial charge < -0.3 is 4.57 Å². The number of rotatable bonds is 1. The fourth-order valence-electron chi connectivity index (χ4n) is 1.50. The zero-order valence-corrected chi connectivity index (χ0v) is 9.00. The lowest BCUT2D eigenvalue weighted by molar-refractivity contribution is 0.778. The summed E-state index contributed by atoms with van der Waals surface area (Å²) in [4.78, 5) is 29.0. The maximum absolute atomic E-state index is 11.6. The minimum Gasteiger partial charge on any atom is -0.309 e. The molecule has 0 bridgehead atoms. The maximum Gasteiger partial charge on any atom is 0.329 e. The molecule has 0 atom stereocenters. The van der Waals surface area contributed by atoms with Gasteiger partial charge in [-0.1, -0.05) is 0 Å². The summed E-state index contributed by atoms with van der Waals surface area (Å²) in [6.45, 7) is 2.37. The SMILES string of the molecule is CCn1c(Cl)nc2c1c(=O)[nH]c(=O)n2C. The van der Waals surface area contributed by atoms with Crippen molar-refractivity contribution >= 4 is 22.8 Å². The van der Waals surface area contributed by atoms with Crippen LogP contribution in [0.2, 0.25) is 5.28 Å². The van der Waals surface area contributed by atoms with Gasteiger partial charge in [0.2, 0.25) is 5.28 Å². The second kappa shape index (κ2) is 3.23. The summed E-state index contributed by atoms with van der Waals surface area (Å²) in [6.07, 6.45) is 0. The third-order valence-electron chi connectivity index (χ3n) is 2.28. The highest BCUT2D eigenvalue weighted by Crippen LogP contribution is 2.14. The van der Waals surface area contributed by atoms with Crippen LogP contribution in [0, 0.1) is 0 Å². The molecule has 0 saturated heterocycles. The van der Waals surface area contributed by atoms with Crippen molar-refractivity contribution in [3.63, 3.8) is 0 Å². The van der Waals surface area contributed by atoms with E-state index >= 15 is 0 Å². The molecule has 0 aliphatic carbocycles. The monoisotopic (exact) mass is 228 g/mol. The standard InChI is InChI=1S/C8H9ClN4O2/c1-3-13-4-5(10-7(13)9)12(2)8(15)11-6(4)14/h3H2,1-2H3,(H,11,14,15). The van der Waals surface area contributed by atoms with Gasteiger partial charge in [0.15, 0.2) is 11.2 Å². The average Bonchev–Trinajstić information content (AvgIpc) is 2.52. The number of imidazole rings is 1. The molecule has 0 unspecified atom stereocenters. The van der Waals surface area contributed by atoms with Gasteiger partial charge in [0.25, 0.3) is 5.56 Å². The predicted octanol–water partition coefficient (Wildman–Crippen LogP) is 0.0966. The van der Waals surface area contributed by atoms with E-state index in [2.05, 4.69) is 9.97 Å². The van der Waals surface area contributed by atoms with Crippen LogP contribution in [0.4, 0.5) is 0 Å². The van der Waals surface area contributed by atoms with Crippen LogP contribution in [-0.2, 0) is 13.6 Å². The van der Waals surface area contributed by atoms with Crippen molar-refractivity contribution < 1.29 is 0 Å². The van der Waals surface area contributed by atoms with Crippen LogP contribution in [0.15, 0.2) is 9.59 Å². The lowest BCUT2D eigenvalue weighted by Crippen LogP contribution is -2.29. The lowest BCUT2D eigenvalue weighted by atomic mass is 10.5. The van der Waals surface area contributed by atoms with Crippen molar-refractivity contribution in [2.45, 2.75) is 13.5 Å². The van der Waals surface area contributed by atoms with E-state index in [1.165, 1.54) is 11.6 Å². The topological polar surface area (TPSA) is 72.7 Å². The lowest BCUT2D eigenvalue weighted by Gasteiger charge is -2.00. The Morgan fingerprint density at radius 1 is 1.47 bits per heavy atom.